The van der Waals surface area contributed by atoms with Crippen LogP contribution in [0.2, 0.25) is 0 Å². The number of carboxylic acid groups (broad SMARTS) is 1. The van der Waals surface area contributed by atoms with E-state index in [-0.39, 0.29) is 5.75 Å². The SMILES string of the molecule is O=C(O)C(CS)NO. The second-order valence-corrected chi connectivity index (χ2v) is 1.57. The summed E-state index contributed by atoms with van der Waals surface area (Å²) in [6.07, 6.45) is 0. The second-order valence-electron chi connectivity index (χ2n) is 1.20. The Hall–Kier alpha value is -0.260. The van der Waals surface area contributed by atoms with Crippen molar-refractivity contribution in [2.45, 2.75) is 6.04 Å². The van der Waals surface area contributed by atoms with Gasteiger partial charge in [0.1, 0.15) is 6.04 Å². The van der Waals surface area contributed by atoms with Crippen LogP contribution in [0.4, 0.5) is 0 Å². The van der Waals surface area contributed by atoms with Crippen LogP contribution in [0.1, 0.15) is 0 Å². The fraction of sp³-hybridized carbons (Fsp3) is 0.667. The lowest BCUT2D eigenvalue weighted by atomic mass is 10.4. The third kappa shape index (κ3) is 2.15. The number of hydrogen-bond donors (Lipinski definition) is 4. The number of hydrogen-bond acceptors (Lipinski definition) is 4. The van der Waals surface area contributed by atoms with E-state index in [1.165, 1.54) is 0 Å². The van der Waals surface area contributed by atoms with Gasteiger partial charge < -0.3 is 10.3 Å². The molecule has 0 aliphatic rings. The zero-order valence-electron chi connectivity index (χ0n) is 4.03. The van der Waals surface area contributed by atoms with Crippen molar-refractivity contribution in [1.82, 2.24) is 5.48 Å². The van der Waals surface area contributed by atoms with E-state index in [1.54, 1.807) is 5.48 Å². The number of hydroxylamine groups is 1. The summed E-state index contributed by atoms with van der Waals surface area (Å²) in [5, 5.41) is 16.1. The lowest BCUT2D eigenvalue weighted by molar-refractivity contribution is -0.141. The van der Waals surface area contributed by atoms with E-state index in [4.69, 9.17) is 10.3 Å². The maximum absolute atomic E-state index is 9.89. The van der Waals surface area contributed by atoms with Crippen molar-refractivity contribution in [3.8, 4) is 0 Å². The molecular weight excluding hydrogens is 130 g/mol. The van der Waals surface area contributed by atoms with Gasteiger partial charge in [-0.3, -0.25) is 4.79 Å². The van der Waals surface area contributed by atoms with Crippen molar-refractivity contribution in [2.75, 3.05) is 5.75 Å². The summed E-state index contributed by atoms with van der Waals surface area (Å²) in [4.78, 5) is 9.89. The Morgan fingerprint density at radius 2 is 2.38 bits per heavy atom. The quantitative estimate of drug-likeness (QED) is 0.308. The topological polar surface area (TPSA) is 69.6 Å². The van der Waals surface area contributed by atoms with Crippen molar-refractivity contribution >= 4 is 18.6 Å². The molecule has 0 bridgehead atoms. The summed E-state index contributed by atoms with van der Waals surface area (Å²) in [5.41, 5.74) is 1.58. The summed E-state index contributed by atoms with van der Waals surface area (Å²) in [6, 6.07) is -0.960. The van der Waals surface area contributed by atoms with E-state index in [9.17, 15) is 4.79 Å². The van der Waals surface area contributed by atoms with Gasteiger partial charge in [0.2, 0.25) is 0 Å². The molecule has 0 aromatic heterocycles. The van der Waals surface area contributed by atoms with E-state index >= 15 is 0 Å². The highest BCUT2D eigenvalue weighted by Crippen LogP contribution is 1.84. The first-order chi connectivity index (χ1) is 3.72. The van der Waals surface area contributed by atoms with E-state index in [1.807, 2.05) is 0 Å². The Kier molecular flexibility index (Phi) is 3.59. The highest BCUT2D eigenvalue weighted by Gasteiger charge is 2.11. The average molecular weight is 137 g/mol. The Morgan fingerprint density at radius 1 is 1.88 bits per heavy atom. The first-order valence-electron chi connectivity index (χ1n) is 1.95. The fourth-order valence-corrected chi connectivity index (χ4v) is 0.412. The minimum absolute atomic E-state index is 0.0752. The van der Waals surface area contributed by atoms with Gasteiger partial charge in [-0.2, -0.15) is 18.1 Å². The number of rotatable bonds is 3. The molecule has 0 aromatic rings. The molecule has 1 unspecified atom stereocenters. The molecule has 0 radical (unpaired) electrons. The molecule has 0 aliphatic carbocycles. The largest absolute Gasteiger partial charge is 0.480 e. The van der Waals surface area contributed by atoms with Crippen LogP contribution in [0.5, 0.6) is 0 Å². The maximum atomic E-state index is 9.89. The molecule has 1 atom stereocenters. The van der Waals surface area contributed by atoms with E-state index < -0.39 is 12.0 Å². The van der Waals surface area contributed by atoms with Gasteiger partial charge >= 0.3 is 5.97 Å². The predicted octanol–water partition coefficient (Wildman–Crippen LogP) is -0.652. The lowest BCUT2D eigenvalue weighted by Crippen LogP contribution is -2.35. The van der Waals surface area contributed by atoms with Crippen LogP contribution in [0.25, 0.3) is 0 Å². The maximum Gasteiger partial charge on any atom is 0.323 e. The molecule has 0 rings (SSSR count). The molecule has 3 N–H and O–H groups in total. The first-order valence-corrected chi connectivity index (χ1v) is 2.59. The molecule has 4 nitrogen and oxygen atoms in total. The van der Waals surface area contributed by atoms with Crippen molar-refractivity contribution in [1.29, 1.82) is 0 Å². The van der Waals surface area contributed by atoms with Gasteiger partial charge in [0.25, 0.3) is 0 Å². The summed E-state index contributed by atoms with van der Waals surface area (Å²) < 4.78 is 0. The molecule has 0 saturated heterocycles. The van der Waals surface area contributed by atoms with Crippen LogP contribution in [0, 0.1) is 0 Å². The van der Waals surface area contributed by atoms with Gasteiger partial charge in [-0.25, -0.2) is 0 Å². The molecule has 0 saturated carbocycles. The van der Waals surface area contributed by atoms with E-state index in [0.29, 0.717) is 0 Å². The van der Waals surface area contributed by atoms with Gasteiger partial charge in [-0.15, -0.1) is 0 Å². The third-order valence-corrected chi connectivity index (χ3v) is 1.00. The number of thiol groups is 1. The van der Waals surface area contributed by atoms with E-state index in [2.05, 4.69) is 12.6 Å². The molecule has 8 heavy (non-hydrogen) atoms. The molecular formula is C3H7NO3S. The molecule has 0 heterocycles. The number of aliphatic carboxylic acids is 1. The van der Waals surface area contributed by atoms with Crippen LogP contribution in [-0.4, -0.2) is 28.1 Å². The van der Waals surface area contributed by atoms with E-state index in [0.717, 1.165) is 0 Å². The highest BCUT2D eigenvalue weighted by atomic mass is 32.1. The van der Waals surface area contributed by atoms with Crippen LogP contribution in [0.15, 0.2) is 0 Å². The minimum Gasteiger partial charge on any atom is -0.480 e. The minimum atomic E-state index is -1.11. The zero-order valence-corrected chi connectivity index (χ0v) is 4.93. The molecule has 0 spiro atoms. The molecule has 5 heteroatoms. The van der Waals surface area contributed by atoms with Crippen molar-refractivity contribution in [3.05, 3.63) is 0 Å². The van der Waals surface area contributed by atoms with Crippen LogP contribution < -0.4 is 5.48 Å². The smallest absolute Gasteiger partial charge is 0.323 e. The van der Waals surface area contributed by atoms with Crippen molar-refractivity contribution in [3.63, 3.8) is 0 Å². The number of carbonyl (C=O) groups is 1. The third-order valence-electron chi connectivity index (χ3n) is 0.637. The van der Waals surface area contributed by atoms with Gasteiger partial charge in [0, 0.05) is 5.75 Å². The number of nitrogens with one attached hydrogen (secondary N) is 1. The summed E-state index contributed by atoms with van der Waals surface area (Å²) in [5.74, 6) is -1.03. The molecule has 0 fully saturated rings. The Balaban J connectivity index is 3.52. The monoisotopic (exact) mass is 137 g/mol. The molecule has 48 valence electrons. The van der Waals surface area contributed by atoms with Crippen LogP contribution in [0.3, 0.4) is 0 Å². The normalized spacial score (nSPS) is 13.2. The summed E-state index contributed by atoms with van der Waals surface area (Å²) in [7, 11) is 0. The Labute approximate surface area is 51.9 Å². The summed E-state index contributed by atoms with van der Waals surface area (Å²) in [6.45, 7) is 0. The first kappa shape index (κ1) is 7.74. The van der Waals surface area contributed by atoms with Crippen LogP contribution >= 0.6 is 12.6 Å². The van der Waals surface area contributed by atoms with Gasteiger partial charge in [-0.05, 0) is 0 Å². The van der Waals surface area contributed by atoms with Crippen molar-refractivity contribution in [2.24, 2.45) is 0 Å². The fourth-order valence-electron chi connectivity index (χ4n) is 0.174. The molecule has 0 amide bonds. The number of carboxylic acids is 1. The van der Waals surface area contributed by atoms with Gasteiger partial charge in [0.15, 0.2) is 0 Å². The highest BCUT2D eigenvalue weighted by molar-refractivity contribution is 7.80. The van der Waals surface area contributed by atoms with Crippen molar-refractivity contribution < 1.29 is 15.1 Å². The Bertz CT molecular complexity index is 82.6. The van der Waals surface area contributed by atoms with Gasteiger partial charge in [0.05, 0.1) is 0 Å². The Morgan fingerprint density at radius 3 is 2.38 bits per heavy atom. The molecule has 0 aliphatic heterocycles. The molecule has 0 aromatic carbocycles. The average Bonchev–Trinajstić information content (AvgIpc) is 1.69. The van der Waals surface area contributed by atoms with Gasteiger partial charge in [-0.1, -0.05) is 0 Å². The second kappa shape index (κ2) is 3.71. The predicted molar refractivity (Wildman–Crippen MR) is 30.2 cm³/mol. The summed E-state index contributed by atoms with van der Waals surface area (Å²) >= 11 is 3.63. The zero-order chi connectivity index (χ0) is 6.57. The standard InChI is InChI=1S/C3H7NO3S/c5-3(6)2(1-8)4-7/h2,4,7-8H,1H2,(H,5,6). The lowest BCUT2D eigenvalue weighted by Gasteiger charge is -2.03. The van der Waals surface area contributed by atoms with Crippen LogP contribution in [-0.2, 0) is 4.79 Å².